The molecule has 0 bridgehead atoms. The van der Waals surface area contributed by atoms with E-state index in [4.69, 9.17) is 10.5 Å². The average Bonchev–Trinajstić information content (AvgIpc) is 3.20. The van der Waals surface area contributed by atoms with Crippen molar-refractivity contribution in [2.24, 2.45) is 10.7 Å². The molecule has 4 aromatic rings. The molecule has 0 saturated heterocycles. The Labute approximate surface area is 173 Å². The van der Waals surface area contributed by atoms with Gasteiger partial charge in [0, 0.05) is 42.1 Å². The van der Waals surface area contributed by atoms with Crippen LogP contribution in [0, 0.1) is 6.92 Å². The number of aliphatic imine (C=N–C) groups is 1. The molecule has 9 nitrogen and oxygen atoms in total. The highest BCUT2D eigenvalue weighted by atomic mass is 16.5. The average molecular weight is 400 g/mol. The molecule has 0 aliphatic carbocycles. The van der Waals surface area contributed by atoms with E-state index in [1.807, 2.05) is 48.0 Å². The van der Waals surface area contributed by atoms with Gasteiger partial charge in [-0.2, -0.15) is 4.99 Å². The van der Waals surface area contributed by atoms with Gasteiger partial charge in [0.2, 0.25) is 5.96 Å². The fourth-order valence-electron chi connectivity index (χ4n) is 2.89. The molecule has 150 valence electrons. The standard InChI is InChI=1S/C21H20N8O/c1-14-12-29(13-25-14)18-4-3-16(11-19(18)30-2)26-20(22)28-21-24-10-7-17(27-21)15-5-8-23-9-6-15/h3-13H,1-2H3,(H3,22,24,26,27,28). The lowest BCUT2D eigenvalue weighted by atomic mass is 10.2. The second-order valence-corrected chi connectivity index (χ2v) is 6.41. The number of aryl methyl sites for hydroxylation is 1. The van der Waals surface area contributed by atoms with Crippen LogP contribution in [0.15, 0.2) is 72.5 Å². The van der Waals surface area contributed by atoms with Crippen molar-refractivity contribution in [3.63, 3.8) is 0 Å². The van der Waals surface area contributed by atoms with Crippen molar-refractivity contribution in [3.05, 3.63) is 73.2 Å². The highest BCUT2D eigenvalue weighted by Gasteiger charge is 2.08. The normalized spacial score (nSPS) is 11.3. The predicted octanol–water partition coefficient (Wildman–Crippen LogP) is 3.10. The van der Waals surface area contributed by atoms with Crippen LogP contribution in [0.2, 0.25) is 0 Å². The number of rotatable bonds is 5. The van der Waals surface area contributed by atoms with Crippen LogP contribution >= 0.6 is 0 Å². The van der Waals surface area contributed by atoms with Crippen molar-refractivity contribution in [3.8, 4) is 22.7 Å². The summed E-state index contributed by atoms with van der Waals surface area (Å²) in [6.07, 6.45) is 8.72. The van der Waals surface area contributed by atoms with Crippen LogP contribution in [0.4, 0.5) is 11.6 Å². The zero-order valence-corrected chi connectivity index (χ0v) is 16.5. The molecule has 0 saturated carbocycles. The van der Waals surface area contributed by atoms with Crippen LogP contribution in [0.1, 0.15) is 5.69 Å². The molecular formula is C21H20N8O. The van der Waals surface area contributed by atoms with Crippen LogP contribution in [0.3, 0.4) is 0 Å². The summed E-state index contributed by atoms with van der Waals surface area (Å²) in [5.41, 5.74) is 10.2. The Morgan fingerprint density at radius 1 is 1.10 bits per heavy atom. The molecule has 0 radical (unpaired) electrons. The van der Waals surface area contributed by atoms with Gasteiger partial charge in [-0.3, -0.25) is 4.98 Å². The Morgan fingerprint density at radius 3 is 2.67 bits per heavy atom. The summed E-state index contributed by atoms with van der Waals surface area (Å²) in [6.45, 7) is 1.93. The number of methoxy groups -OCH3 is 1. The van der Waals surface area contributed by atoms with E-state index in [0.29, 0.717) is 5.75 Å². The Balaban J connectivity index is 1.55. The smallest absolute Gasteiger partial charge is 0.253 e. The van der Waals surface area contributed by atoms with Crippen LogP contribution < -0.4 is 15.8 Å². The van der Waals surface area contributed by atoms with E-state index in [9.17, 15) is 0 Å². The van der Waals surface area contributed by atoms with Gasteiger partial charge in [0.1, 0.15) is 5.75 Å². The number of imidazole rings is 1. The largest absolute Gasteiger partial charge is 0.494 e. The van der Waals surface area contributed by atoms with Gasteiger partial charge in [-0.25, -0.2) is 15.0 Å². The van der Waals surface area contributed by atoms with Crippen LogP contribution in [0.5, 0.6) is 5.75 Å². The topological polar surface area (TPSA) is 116 Å². The van der Waals surface area contributed by atoms with Gasteiger partial charge in [0.05, 0.1) is 30.5 Å². The Bertz CT molecular complexity index is 1190. The maximum Gasteiger partial charge on any atom is 0.253 e. The predicted molar refractivity (Wildman–Crippen MR) is 115 cm³/mol. The first-order valence-corrected chi connectivity index (χ1v) is 9.16. The number of benzene rings is 1. The second kappa shape index (κ2) is 8.39. The molecule has 0 fully saturated rings. The molecule has 3 heterocycles. The van der Waals surface area contributed by atoms with E-state index in [1.165, 1.54) is 0 Å². The monoisotopic (exact) mass is 400 g/mol. The molecule has 0 amide bonds. The van der Waals surface area contributed by atoms with E-state index >= 15 is 0 Å². The Hall–Kier alpha value is -4.27. The van der Waals surface area contributed by atoms with Crippen LogP contribution in [0.25, 0.3) is 16.9 Å². The lowest BCUT2D eigenvalue weighted by Crippen LogP contribution is -2.22. The number of nitrogens with zero attached hydrogens (tertiary/aromatic N) is 6. The molecular weight excluding hydrogens is 380 g/mol. The number of ether oxygens (including phenoxy) is 1. The summed E-state index contributed by atoms with van der Waals surface area (Å²) < 4.78 is 7.41. The van der Waals surface area contributed by atoms with Gasteiger partial charge in [-0.1, -0.05) is 0 Å². The fourth-order valence-corrected chi connectivity index (χ4v) is 2.89. The third-order valence-electron chi connectivity index (χ3n) is 4.28. The number of nitrogens with one attached hydrogen (secondary N) is 1. The minimum absolute atomic E-state index is 0.162. The molecule has 3 N–H and O–H groups in total. The Kier molecular flexibility index (Phi) is 5.33. The summed E-state index contributed by atoms with van der Waals surface area (Å²) in [5.74, 6) is 1.09. The van der Waals surface area contributed by atoms with E-state index in [-0.39, 0.29) is 11.9 Å². The van der Waals surface area contributed by atoms with Gasteiger partial charge < -0.3 is 20.4 Å². The minimum atomic E-state index is 0.162. The zero-order valence-electron chi connectivity index (χ0n) is 16.5. The summed E-state index contributed by atoms with van der Waals surface area (Å²) in [7, 11) is 1.61. The van der Waals surface area contributed by atoms with Crippen LogP contribution in [-0.2, 0) is 0 Å². The maximum atomic E-state index is 6.06. The van der Waals surface area contributed by atoms with Crippen molar-refractivity contribution >= 4 is 17.6 Å². The van der Waals surface area contributed by atoms with E-state index in [0.717, 1.165) is 28.3 Å². The van der Waals surface area contributed by atoms with Crippen LogP contribution in [-0.4, -0.2) is 37.6 Å². The molecule has 1 aromatic carbocycles. The minimum Gasteiger partial charge on any atom is -0.494 e. The highest BCUT2D eigenvalue weighted by Crippen LogP contribution is 2.27. The number of aromatic nitrogens is 5. The number of anilines is 1. The summed E-state index contributed by atoms with van der Waals surface area (Å²) in [6, 6.07) is 11.2. The molecule has 0 aliphatic heterocycles. The fraction of sp³-hybridized carbons (Fsp3) is 0.0952. The van der Waals surface area contributed by atoms with Crippen molar-refractivity contribution in [1.29, 1.82) is 0 Å². The number of nitrogens with two attached hydrogens (primary N) is 1. The summed E-state index contributed by atoms with van der Waals surface area (Å²) >= 11 is 0. The summed E-state index contributed by atoms with van der Waals surface area (Å²) in [4.78, 5) is 21.1. The number of guanidine groups is 1. The SMILES string of the molecule is COc1cc(N/C(N)=N/c2nccc(-c3ccncc3)n2)ccc1-n1cnc(C)c1. The number of hydrogen-bond donors (Lipinski definition) is 2. The first kappa shape index (κ1) is 19.1. The second-order valence-electron chi connectivity index (χ2n) is 6.41. The van der Waals surface area contributed by atoms with Crippen molar-refractivity contribution < 1.29 is 4.74 Å². The number of hydrogen-bond acceptors (Lipinski definition) is 6. The van der Waals surface area contributed by atoms with E-state index in [1.54, 1.807) is 38.1 Å². The van der Waals surface area contributed by atoms with Crippen molar-refractivity contribution in [2.45, 2.75) is 6.92 Å². The van der Waals surface area contributed by atoms with Crippen molar-refractivity contribution in [1.82, 2.24) is 24.5 Å². The quantitative estimate of drug-likeness (QED) is 0.390. The lowest BCUT2D eigenvalue weighted by molar-refractivity contribution is 0.413. The van der Waals surface area contributed by atoms with Gasteiger partial charge in [0.25, 0.3) is 5.95 Å². The first-order chi connectivity index (χ1) is 14.6. The third kappa shape index (κ3) is 4.25. The molecule has 0 aliphatic rings. The Morgan fingerprint density at radius 2 is 1.93 bits per heavy atom. The van der Waals surface area contributed by atoms with Gasteiger partial charge >= 0.3 is 0 Å². The third-order valence-corrected chi connectivity index (χ3v) is 4.28. The van der Waals surface area contributed by atoms with Gasteiger partial charge in [-0.15, -0.1) is 0 Å². The molecule has 3 aromatic heterocycles. The molecule has 0 spiro atoms. The highest BCUT2D eigenvalue weighted by molar-refractivity contribution is 5.94. The molecule has 30 heavy (non-hydrogen) atoms. The summed E-state index contributed by atoms with van der Waals surface area (Å²) in [5, 5.41) is 3.04. The molecule has 0 atom stereocenters. The maximum absolute atomic E-state index is 6.06. The van der Waals surface area contributed by atoms with E-state index < -0.39 is 0 Å². The molecule has 9 heteroatoms. The van der Waals surface area contributed by atoms with Gasteiger partial charge in [-0.05, 0) is 37.3 Å². The molecule has 4 rings (SSSR count). The van der Waals surface area contributed by atoms with Gasteiger partial charge in [0.15, 0.2) is 0 Å². The zero-order chi connectivity index (χ0) is 20.9. The molecule has 0 unspecified atom stereocenters. The van der Waals surface area contributed by atoms with Crippen molar-refractivity contribution in [2.75, 3.05) is 12.4 Å². The first-order valence-electron chi connectivity index (χ1n) is 9.16. The number of pyridine rings is 1. The lowest BCUT2D eigenvalue weighted by Gasteiger charge is -2.12. The van der Waals surface area contributed by atoms with E-state index in [2.05, 4.69) is 30.2 Å².